The van der Waals surface area contributed by atoms with Crippen LogP contribution in [0.25, 0.3) is 0 Å². The van der Waals surface area contributed by atoms with Gasteiger partial charge in [-0.25, -0.2) is 0 Å². The topological polar surface area (TPSA) is 78.9 Å². The van der Waals surface area contributed by atoms with Gasteiger partial charge in [0.2, 0.25) is 0 Å². The SMILES string of the molecule is CC/C=C\C/C=C\C/C=C\C/C=C\CCCCCCCCCCCCCCCCCCCCC(=O)OCC(COC(=O)CCCCCCCCCC)OC(=O)CCCCCCCCCCCCCCCCCCCCCC. The molecule has 0 bridgehead atoms. The van der Waals surface area contributed by atoms with Gasteiger partial charge in [-0.1, -0.05) is 339 Å². The molecule has 0 fully saturated rings. The second kappa shape index (κ2) is 65.9. The molecule has 0 heterocycles. The molecule has 0 spiro atoms. The van der Waals surface area contributed by atoms with Gasteiger partial charge in [0, 0.05) is 19.3 Å². The van der Waals surface area contributed by atoms with E-state index in [0.717, 1.165) is 83.5 Å². The zero-order valence-electron chi connectivity index (χ0n) is 51.7. The Morgan fingerprint density at radius 1 is 0.273 bits per heavy atom. The normalized spacial score (nSPS) is 12.3. The minimum absolute atomic E-state index is 0.0660. The van der Waals surface area contributed by atoms with Crippen molar-refractivity contribution in [1.82, 2.24) is 0 Å². The number of allylic oxidation sites excluding steroid dienone is 8. The fraction of sp³-hybridized carbons (Fsp3) is 0.845. The van der Waals surface area contributed by atoms with E-state index < -0.39 is 6.10 Å². The van der Waals surface area contributed by atoms with Gasteiger partial charge >= 0.3 is 17.9 Å². The van der Waals surface area contributed by atoms with E-state index in [9.17, 15) is 14.4 Å². The number of carbonyl (C=O) groups is 3. The van der Waals surface area contributed by atoms with Crippen LogP contribution in [-0.2, 0) is 28.6 Å². The van der Waals surface area contributed by atoms with E-state index >= 15 is 0 Å². The molecule has 1 unspecified atom stereocenters. The molecule has 0 saturated carbocycles. The van der Waals surface area contributed by atoms with Gasteiger partial charge in [0.25, 0.3) is 0 Å². The molecule has 0 rings (SSSR count). The average molecular weight is 1080 g/mol. The summed E-state index contributed by atoms with van der Waals surface area (Å²) >= 11 is 0. The van der Waals surface area contributed by atoms with Gasteiger partial charge in [0.15, 0.2) is 6.10 Å². The van der Waals surface area contributed by atoms with Crippen LogP contribution in [0.3, 0.4) is 0 Å². The van der Waals surface area contributed by atoms with Crippen molar-refractivity contribution in [2.24, 2.45) is 0 Å². The van der Waals surface area contributed by atoms with Crippen LogP contribution in [0.4, 0.5) is 0 Å². The fourth-order valence-electron chi connectivity index (χ4n) is 10.3. The van der Waals surface area contributed by atoms with Crippen molar-refractivity contribution in [1.29, 1.82) is 0 Å². The Labute approximate surface area is 479 Å². The summed E-state index contributed by atoms with van der Waals surface area (Å²) in [5.41, 5.74) is 0. The smallest absolute Gasteiger partial charge is 0.306 e. The molecule has 0 aromatic rings. The van der Waals surface area contributed by atoms with E-state index in [1.807, 2.05) is 0 Å². The van der Waals surface area contributed by atoms with Crippen molar-refractivity contribution in [2.45, 2.75) is 374 Å². The molecule has 77 heavy (non-hydrogen) atoms. The summed E-state index contributed by atoms with van der Waals surface area (Å²) in [5, 5.41) is 0. The lowest BCUT2D eigenvalue weighted by Gasteiger charge is -2.18. The maximum Gasteiger partial charge on any atom is 0.306 e. The van der Waals surface area contributed by atoms with Gasteiger partial charge < -0.3 is 14.2 Å². The Morgan fingerprint density at radius 2 is 0.506 bits per heavy atom. The van der Waals surface area contributed by atoms with Crippen molar-refractivity contribution < 1.29 is 28.6 Å². The first-order chi connectivity index (χ1) is 38.0. The van der Waals surface area contributed by atoms with Crippen molar-refractivity contribution in [2.75, 3.05) is 13.2 Å². The van der Waals surface area contributed by atoms with Crippen LogP contribution < -0.4 is 0 Å². The first kappa shape index (κ1) is 74.4. The third-order valence-corrected chi connectivity index (χ3v) is 15.3. The molecule has 0 amide bonds. The highest BCUT2D eigenvalue weighted by Crippen LogP contribution is 2.18. The van der Waals surface area contributed by atoms with Gasteiger partial charge in [-0.15, -0.1) is 0 Å². The maximum atomic E-state index is 12.9. The van der Waals surface area contributed by atoms with Gasteiger partial charge in [0.05, 0.1) is 0 Å². The number of rotatable bonds is 63. The van der Waals surface area contributed by atoms with Crippen LogP contribution in [0.15, 0.2) is 48.6 Å². The molecule has 0 aromatic carbocycles. The molecule has 0 N–H and O–H groups in total. The van der Waals surface area contributed by atoms with E-state index in [1.54, 1.807) is 0 Å². The number of unbranched alkanes of at least 4 members (excludes halogenated alkanes) is 44. The summed E-state index contributed by atoms with van der Waals surface area (Å²) in [6, 6.07) is 0. The van der Waals surface area contributed by atoms with E-state index in [1.165, 1.54) is 244 Å². The average Bonchev–Trinajstić information content (AvgIpc) is 3.43. The molecule has 450 valence electrons. The predicted octanol–water partition coefficient (Wildman–Crippen LogP) is 23.3. The van der Waals surface area contributed by atoms with Gasteiger partial charge in [-0.05, 0) is 57.8 Å². The number of hydrogen-bond donors (Lipinski definition) is 0. The van der Waals surface area contributed by atoms with Crippen molar-refractivity contribution >= 4 is 17.9 Å². The van der Waals surface area contributed by atoms with Crippen LogP contribution >= 0.6 is 0 Å². The zero-order chi connectivity index (χ0) is 55.7. The second-order valence-electron chi connectivity index (χ2n) is 23.1. The number of ether oxygens (including phenoxy) is 3. The fourth-order valence-corrected chi connectivity index (χ4v) is 10.3. The highest BCUT2D eigenvalue weighted by Gasteiger charge is 2.19. The summed E-state index contributed by atoms with van der Waals surface area (Å²) in [4.78, 5) is 38.2. The number of carbonyl (C=O) groups excluding carboxylic acids is 3. The lowest BCUT2D eigenvalue weighted by molar-refractivity contribution is -0.167. The van der Waals surface area contributed by atoms with E-state index in [-0.39, 0.29) is 31.1 Å². The van der Waals surface area contributed by atoms with Gasteiger partial charge in [-0.3, -0.25) is 14.4 Å². The molecule has 6 heteroatoms. The van der Waals surface area contributed by atoms with Crippen LogP contribution in [0.5, 0.6) is 0 Å². The molecule has 0 saturated heterocycles. The first-order valence-electron chi connectivity index (χ1n) is 34.1. The Balaban J connectivity index is 4.04. The van der Waals surface area contributed by atoms with Crippen LogP contribution in [0.1, 0.15) is 367 Å². The quantitative estimate of drug-likeness (QED) is 0.0261. The molecule has 0 aliphatic rings. The summed E-state index contributed by atoms with van der Waals surface area (Å²) < 4.78 is 16.9. The predicted molar refractivity (Wildman–Crippen MR) is 335 cm³/mol. The summed E-state index contributed by atoms with van der Waals surface area (Å²) in [7, 11) is 0. The minimum Gasteiger partial charge on any atom is -0.462 e. The van der Waals surface area contributed by atoms with Crippen molar-refractivity contribution in [3.63, 3.8) is 0 Å². The zero-order valence-corrected chi connectivity index (χ0v) is 51.7. The summed E-state index contributed by atoms with van der Waals surface area (Å²) in [6.45, 7) is 6.56. The maximum absolute atomic E-state index is 12.9. The Bertz CT molecular complexity index is 1330. The number of hydrogen-bond acceptors (Lipinski definition) is 6. The lowest BCUT2D eigenvalue weighted by atomic mass is 10.0. The Kier molecular flexibility index (Phi) is 63.6. The van der Waals surface area contributed by atoms with E-state index in [0.29, 0.717) is 19.3 Å². The largest absolute Gasteiger partial charge is 0.462 e. The van der Waals surface area contributed by atoms with Gasteiger partial charge in [-0.2, -0.15) is 0 Å². The summed E-state index contributed by atoms with van der Waals surface area (Å²) in [6.07, 6.45) is 83.0. The molecular weight excluding hydrogens is 949 g/mol. The van der Waals surface area contributed by atoms with E-state index in [2.05, 4.69) is 69.4 Å². The minimum atomic E-state index is -0.766. The van der Waals surface area contributed by atoms with Crippen LogP contribution in [0.2, 0.25) is 0 Å². The van der Waals surface area contributed by atoms with Crippen LogP contribution in [0, 0.1) is 0 Å². The molecule has 0 radical (unpaired) electrons. The second-order valence-corrected chi connectivity index (χ2v) is 23.1. The summed E-state index contributed by atoms with van der Waals surface area (Å²) in [5.74, 6) is -0.844. The Hall–Kier alpha value is -2.63. The van der Waals surface area contributed by atoms with E-state index in [4.69, 9.17) is 14.2 Å². The lowest BCUT2D eigenvalue weighted by Crippen LogP contribution is -2.30. The molecule has 1 atom stereocenters. The molecule has 6 nitrogen and oxygen atoms in total. The standard InChI is InChI=1S/C71H130O6/c1-4-7-10-13-16-19-21-23-25-27-29-31-32-33-34-35-36-37-38-39-40-41-43-44-46-48-50-52-55-58-61-64-70(73)76-67-68(66-75-69(72)63-60-57-54-18-15-12-9-6-3)77-71(74)65-62-59-56-53-51-49-47-45-42-30-28-26-24-22-20-17-14-11-8-5-2/h7,10,16,19,23,25,29,31,68H,4-6,8-9,11-15,17-18,20-22,24,26-28,30,32-67H2,1-3H3/b10-7-,19-16-,25-23-,31-29-. The van der Waals surface area contributed by atoms with Crippen molar-refractivity contribution in [3.8, 4) is 0 Å². The third kappa shape index (κ3) is 64.1. The highest BCUT2D eigenvalue weighted by molar-refractivity contribution is 5.71. The first-order valence-corrected chi connectivity index (χ1v) is 34.1. The number of esters is 3. The van der Waals surface area contributed by atoms with Crippen molar-refractivity contribution in [3.05, 3.63) is 48.6 Å². The molecule has 0 aromatic heterocycles. The monoisotopic (exact) mass is 1080 g/mol. The van der Waals surface area contributed by atoms with Crippen LogP contribution in [-0.4, -0.2) is 37.2 Å². The van der Waals surface area contributed by atoms with Gasteiger partial charge in [0.1, 0.15) is 13.2 Å². The molecular formula is C71H130O6. The Morgan fingerprint density at radius 3 is 0.792 bits per heavy atom. The molecule has 0 aliphatic carbocycles. The highest BCUT2D eigenvalue weighted by atomic mass is 16.6. The third-order valence-electron chi connectivity index (χ3n) is 15.3. The molecule has 0 aliphatic heterocycles.